The predicted molar refractivity (Wildman–Crippen MR) is 101 cm³/mol. The molecule has 0 aliphatic heterocycles. The summed E-state index contributed by atoms with van der Waals surface area (Å²) in [5, 5.41) is 10.3. The summed E-state index contributed by atoms with van der Waals surface area (Å²) in [4.78, 5) is 12.2. The van der Waals surface area contributed by atoms with Crippen molar-refractivity contribution in [3.8, 4) is 23.0 Å². The molecule has 0 unspecified atom stereocenters. The van der Waals surface area contributed by atoms with Crippen molar-refractivity contribution in [2.24, 2.45) is 0 Å². The van der Waals surface area contributed by atoms with Crippen molar-refractivity contribution in [2.75, 3.05) is 19.5 Å². The van der Waals surface area contributed by atoms with Gasteiger partial charge in [0.25, 0.3) is 0 Å². The minimum atomic E-state index is -4.47. The zero-order valence-corrected chi connectivity index (χ0v) is 16.1. The Kier molecular flexibility index (Phi) is 6.24. The maximum absolute atomic E-state index is 12.8. The molecule has 0 bridgehead atoms. The van der Waals surface area contributed by atoms with Gasteiger partial charge in [0.2, 0.25) is 17.7 Å². The van der Waals surface area contributed by atoms with E-state index in [9.17, 15) is 18.0 Å². The summed E-state index contributed by atoms with van der Waals surface area (Å²) in [7, 11) is 3.00. The monoisotopic (exact) mass is 421 g/mol. The van der Waals surface area contributed by atoms with Crippen LogP contribution in [0.2, 0.25) is 0 Å². The van der Waals surface area contributed by atoms with Gasteiger partial charge in [0.05, 0.1) is 19.8 Å². The van der Waals surface area contributed by atoms with E-state index >= 15 is 0 Å². The number of nitrogens with zero attached hydrogens (tertiary/aromatic N) is 2. The summed E-state index contributed by atoms with van der Waals surface area (Å²) in [5.74, 6) is 0.795. The highest BCUT2D eigenvalue weighted by molar-refractivity contribution is 5.91. The Bertz CT molecular complexity index is 1030. The first-order valence-corrected chi connectivity index (χ1v) is 8.82. The molecule has 0 spiro atoms. The molecular formula is C20H18F3N3O4. The van der Waals surface area contributed by atoms with E-state index in [1.54, 1.807) is 18.2 Å². The average Bonchev–Trinajstić information content (AvgIpc) is 3.21. The maximum atomic E-state index is 12.8. The molecule has 0 saturated heterocycles. The molecule has 0 aliphatic rings. The van der Waals surface area contributed by atoms with Gasteiger partial charge in [-0.25, -0.2) is 0 Å². The smallest absolute Gasteiger partial charge is 0.416 e. The van der Waals surface area contributed by atoms with Gasteiger partial charge in [-0.1, -0.05) is 6.07 Å². The third kappa shape index (κ3) is 5.07. The summed E-state index contributed by atoms with van der Waals surface area (Å²) < 4.78 is 54.2. The van der Waals surface area contributed by atoms with Gasteiger partial charge in [0, 0.05) is 30.2 Å². The number of carbonyl (C=O) groups is 1. The van der Waals surface area contributed by atoms with Crippen LogP contribution in [0.4, 0.5) is 18.9 Å². The Balaban J connectivity index is 1.61. The number of anilines is 1. The molecule has 0 atom stereocenters. The first kappa shape index (κ1) is 21.2. The number of carbonyl (C=O) groups excluding carboxylic acids is 1. The van der Waals surface area contributed by atoms with Gasteiger partial charge in [-0.2, -0.15) is 13.2 Å². The van der Waals surface area contributed by atoms with Gasteiger partial charge in [0.15, 0.2) is 11.5 Å². The lowest BCUT2D eigenvalue weighted by Gasteiger charge is -2.10. The van der Waals surface area contributed by atoms with E-state index in [4.69, 9.17) is 13.9 Å². The van der Waals surface area contributed by atoms with E-state index in [0.717, 1.165) is 12.1 Å². The number of benzene rings is 2. The second-order valence-electron chi connectivity index (χ2n) is 6.20. The average molecular weight is 421 g/mol. The molecule has 7 nitrogen and oxygen atoms in total. The normalized spacial score (nSPS) is 11.2. The number of nitrogens with one attached hydrogen (secondary N) is 1. The zero-order chi connectivity index (χ0) is 21.7. The van der Waals surface area contributed by atoms with Crippen molar-refractivity contribution in [1.82, 2.24) is 10.2 Å². The van der Waals surface area contributed by atoms with Crippen molar-refractivity contribution >= 4 is 11.6 Å². The van der Waals surface area contributed by atoms with E-state index in [1.807, 2.05) is 0 Å². The number of alkyl halides is 3. The fourth-order valence-electron chi connectivity index (χ4n) is 2.66. The van der Waals surface area contributed by atoms with Crippen LogP contribution in [0.3, 0.4) is 0 Å². The van der Waals surface area contributed by atoms with Crippen molar-refractivity contribution < 1.29 is 31.9 Å². The van der Waals surface area contributed by atoms with Crippen LogP contribution in [-0.2, 0) is 17.4 Å². The highest BCUT2D eigenvalue weighted by Gasteiger charge is 2.30. The van der Waals surface area contributed by atoms with Crippen molar-refractivity contribution in [3.63, 3.8) is 0 Å². The van der Waals surface area contributed by atoms with Gasteiger partial charge in [-0.15, -0.1) is 10.2 Å². The Morgan fingerprint density at radius 2 is 1.83 bits per heavy atom. The van der Waals surface area contributed by atoms with Crippen LogP contribution in [-0.4, -0.2) is 30.3 Å². The number of aryl methyl sites for hydroxylation is 1. The summed E-state index contributed by atoms with van der Waals surface area (Å²) in [6, 6.07) is 9.54. The number of ether oxygens (including phenoxy) is 2. The largest absolute Gasteiger partial charge is 0.493 e. The number of aromatic nitrogens is 2. The number of hydrogen-bond donors (Lipinski definition) is 1. The molecule has 158 valence electrons. The Hall–Kier alpha value is -3.56. The highest BCUT2D eigenvalue weighted by atomic mass is 19.4. The number of amides is 1. The molecule has 3 rings (SSSR count). The predicted octanol–water partition coefficient (Wildman–Crippen LogP) is 4.34. The third-order valence-corrected chi connectivity index (χ3v) is 4.14. The highest BCUT2D eigenvalue weighted by Crippen LogP contribution is 2.32. The molecule has 0 aliphatic carbocycles. The lowest BCUT2D eigenvalue weighted by Crippen LogP contribution is -2.12. The molecule has 1 amide bonds. The number of methoxy groups -OCH3 is 2. The van der Waals surface area contributed by atoms with Crippen molar-refractivity contribution in [2.45, 2.75) is 19.0 Å². The number of hydrogen-bond acceptors (Lipinski definition) is 6. The first-order chi connectivity index (χ1) is 14.3. The van der Waals surface area contributed by atoms with E-state index in [1.165, 1.54) is 26.4 Å². The Morgan fingerprint density at radius 3 is 2.53 bits per heavy atom. The first-order valence-electron chi connectivity index (χ1n) is 8.82. The number of rotatable bonds is 7. The zero-order valence-electron chi connectivity index (χ0n) is 16.1. The molecular weight excluding hydrogens is 403 g/mol. The summed E-state index contributed by atoms with van der Waals surface area (Å²) in [5.41, 5.74) is -0.139. The second kappa shape index (κ2) is 8.85. The quantitative estimate of drug-likeness (QED) is 0.611. The van der Waals surface area contributed by atoms with Crippen molar-refractivity contribution in [3.05, 3.63) is 53.9 Å². The Morgan fingerprint density at radius 1 is 1.07 bits per heavy atom. The minimum absolute atomic E-state index is 0.0402. The van der Waals surface area contributed by atoms with Crippen LogP contribution in [0.15, 0.2) is 46.9 Å². The van der Waals surface area contributed by atoms with Crippen LogP contribution in [0, 0.1) is 0 Å². The van der Waals surface area contributed by atoms with Gasteiger partial charge in [-0.3, -0.25) is 4.79 Å². The SMILES string of the molecule is COc1ccc(NC(=O)CCc2nnc(-c3cccc(C(F)(F)F)c3)o2)cc1OC. The molecule has 0 radical (unpaired) electrons. The summed E-state index contributed by atoms with van der Waals surface area (Å²) in [6.45, 7) is 0. The van der Waals surface area contributed by atoms with Crippen LogP contribution < -0.4 is 14.8 Å². The second-order valence-corrected chi connectivity index (χ2v) is 6.20. The fourth-order valence-corrected chi connectivity index (χ4v) is 2.66. The van der Waals surface area contributed by atoms with Crippen LogP contribution in [0.5, 0.6) is 11.5 Å². The van der Waals surface area contributed by atoms with Gasteiger partial charge in [-0.05, 0) is 30.3 Å². The van der Waals surface area contributed by atoms with Crippen molar-refractivity contribution in [1.29, 1.82) is 0 Å². The van der Waals surface area contributed by atoms with Gasteiger partial charge >= 0.3 is 6.18 Å². The van der Waals surface area contributed by atoms with E-state index in [-0.39, 0.29) is 36.1 Å². The summed E-state index contributed by atoms with van der Waals surface area (Å²) >= 11 is 0. The minimum Gasteiger partial charge on any atom is -0.493 e. The lowest BCUT2D eigenvalue weighted by atomic mass is 10.1. The molecule has 1 heterocycles. The van der Waals surface area contributed by atoms with E-state index in [2.05, 4.69) is 15.5 Å². The molecule has 10 heteroatoms. The Labute approximate surface area is 169 Å². The van der Waals surface area contributed by atoms with Crippen LogP contribution in [0.25, 0.3) is 11.5 Å². The van der Waals surface area contributed by atoms with Gasteiger partial charge < -0.3 is 19.2 Å². The molecule has 3 aromatic rings. The molecule has 30 heavy (non-hydrogen) atoms. The molecule has 0 fully saturated rings. The topological polar surface area (TPSA) is 86.5 Å². The summed E-state index contributed by atoms with van der Waals surface area (Å²) in [6.07, 6.45) is -4.30. The standard InChI is InChI=1S/C20H18F3N3O4/c1-28-15-7-6-14(11-16(15)29-2)24-17(27)8-9-18-25-26-19(30-18)12-4-3-5-13(10-12)20(21,22)23/h3-7,10-11H,8-9H2,1-2H3,(H,24,27). The van der Waals surface area contributed by atoms with Gasteiger partial charge in [0.1, 0.15) is 0 Å². The maximum Gasteiger partial charge on any atom is 0.416 e. The van der Waals surface area contributed by atoms with E-state index in [0.29, 0.717) is 17.2 Å². The van der Waals surface area contributed by atoms with E-state index < -0.39 is 11.7 Å². The van der Waals surface area contributed by atoms with Crippen LogP contribution in [0.1, 0.15) is 17.9 Å². The molecule has 1 N–H and O–H groups in total. The number of halogens is 3. The third-order valence-electron chi connectivity index (χ3n) is 4.14. The fraction of sp³-hybridized carbons (Fsp3) is 0.250. The molecule has 1 aromatic heterocycles. The lowest BCUT2D eigenvalue weighted by molar-refractivity contribution is -0.137. The molecule has 2 aromatic carbocycles. The molecule has 0 saturated carbocycles. The van der Waals surface area contributed by atoms with Crippen LogP contribution >= 0.6 is 0 Å².